The molecule has 0 unspecified atom stereocenters. The van der Waals surface area contributed by atoms with Gasteiger partial charge in [0.15, 0.2) is 11.5 Å². The standard InChI is InChI=1S/C18H12N2O4S/c19-7-12-8-20(13-3-1-11(2-4-13)18(21)22)9-14(12)17-16-15(10-25-17)23-5-6-24-16/h1-4,8-10H,5-6H2,(H,21,22). The summed E-state index contributed by atoms with van der Waals surface area (Å²) in [5.41, 5.74) is 2.27. The van der Waals surface area contributed by atoms with Gasteiger partial charge in [0.05, 0.1) is 16.0 Å². The SMILES string of the molecule is N#Cc1cn(-c2ccc(C(=O)O)cc2)cc1-c1scc2c1OCCO2. The fourth-order valence-electron chi connectivity index (χ4n) is 2.70. The lowest BCUT2D eigenvalue weighted by atomic mass is 10.1. The summed E-state index contributed by atoms with van der Waals surface area (Å²) in [7, 11) is 0. The molecule has 0 atom stereocenters. The number of hydrogen-bond acceptors (Lipinski definition) is 5. The van der Waals surface area contributed by atoms with Crippen molar-refractivity contribution >= 4 is 17.3 Å². The van der Waals surface area contributed by atoms with E-state index in [1.54, 1.807) is 22.9 Å². The van der Waals surface area contributed by atoms with Crippen molar-refractivity contribution in [3.63, 3.8) is 0 Å². The highest BCUT2D eigenvalue weighted by atomic mass is 32.1. The van der Waals surface area contributed by atoms with Crippen molar-refractivity contribution in [1.82, 2.24) is 4.57 Å². The number of nitrogens with zero attached hydrogens (tertiary/aromatic N) is 2. The molecule has 0 aliphatic carbocycles. The molecule has 1 aliphatic rings. The summed E-state index contributed by atoms with van der Waals surface area (Å²) in [5, 5.41) is 20.4. The molecule has 0 radical (unpaired) electrons. The molecule has 0 spiro atoms. The minimum Gasteiger partial charge on any atom is -0.485 e. The summed E-state index contributed by atoms with van der Waals surface area (Å²) in [4.78, 5) is 11.8. The predicted molar refractivity (Wildman–Crippen MR) is 91.7 cm³/mol. The van der Waals surface area contributed by atoms with E-state index in [9.17, 15) is 10.1 Å². The van der Waals surface area contributed by atoms with E-state index in [1.807, 2.05) is 11.6 Å². The zero-order valence-corrected chi connectivity index (χ0v) is 13.7. The molecule has 1 aromatic carbocycles. The van der Waals surface area contributed by atoms with Crippen LogP contribution in [0.2, 0.25) is 0 Å². The maximum Gasteiger partial charge on any atom is 0.335 e. The number of aromatic carboxylic acids is 1. The van der Waals surface area contributed by atoms with Crippen LogP contribution in [0.4, 0.5) is 0 Å². The lowest BCUT2D eigenvalue weighted by molar-refractivity contribution is 0.0697. The van der Waals surface area contributed by atoms with E-state index in [-0.39, 0.29) is 5.56 Å². The van der Waals surface area contributed by atoms with Crippen LogP contribution in [-0.2, 0) is 0 Å². The zero-order chi connectivity index (χ0) is 17.4. The van der Waals surface area contributed by atoms with Crippen LogP contribution >= 0.6 is 11.3 Å². The van der Waals surface area contributed by atoms with Crippen molar-refractivity contribution in [3.8, 4) is 33.7 Å². The molecule has 3 heterocycles. The Kier molecular flexibility index (Phi) is 3.67. The Labute approximate surface area is 147 Å². The Balaban J connectivity index is 1.77. The number of ether oxygens (including phenoxy) is 2. The number of carboxylic acids is 1. The molecule has 4 rings (SSSR count). The first-order chi connectivity index (χ1) is 12.2. The van der Waals surface area contributed by atoms with Crippen LogP contribution in [0.3, 0.4) is 0 Å². The van der Waals surface area contributed by atoms with Gasteiger partial charge in [0, 0.05) is 29.0 Å². The summed E-state index contributed by atoms with van der Waals surface area (Å²) in [6.45, 7) is 1.00. The molecule has 124 valence electrons. The van der Waals surface area contributed by atoms with Gasteiger partial charge in [-0.25, -0.2) is 4.79 Å². The van der Waals surface area contributed by atoms with Gasteiger partial charge in [-0.1, -0.05) is 0 Å². The maximum absolute atomic E-state index is 11.0. The minimum atomic E-state index is -0.972. The highest BCUT2D eigenvalue weighted by molar-refractivity contribution is 7.14. The topological polar surface area (TPSA) is 84.5 Å². The van der Waals surface area contributed by atoms with Gasteiger partial charge >= 0.3 is 5.97 Å². The number of carboxylic acid groups (broad SMARTS) is 1. The normalized spacial score (nSPS) is 12.6. The average Bonchev–Trinajstić information content (AvgIpc) is 3.25. The van der Waals surface area contributed by atoms with E-state index in [0.29, 0.717) is 30.3 Å². The first-order valence-corrected chi connectivity index (χ1v) is 8.38. The van der Waals surface area contributed by atoms with Crippen LogP contribution in [0.25, 0.3) is 16.1 Å². The molecule has 0 amide bonds. The third-order valence-electron chi connectivity index (χ3n) is 3.91. The Morgan fingerprint density at radius 3 is 2.68 bits per heavy atom. The number of aromatic nitrogens is 1. The van der Waals surface area contributed by atoms with Crippen LogP contribution in [0, 0.1) is 11.3 Å². The fourth-order valence-corrected chi connectivity index (χ4v) is 3.65. The van der Waals surface area contributed by atoms with Gasteiger partial charge in [-0.05, 0) is 24.3 Å². The molecule has 3 aromatic rings. The summed E-state index contributed by atoms with van der Waals surface area (Å²) in [5.74, 6) is 0.403. The van der Waals surface area contributed by atoms with Crippen molar-refractivity contribution in [2.45, 2.75) is 0 Å². The van der Waals surface area contributed by atoms with Crippen LogP contribution in [-0.4, -0.2) is 28.9 Å². The molecule has 25 heavy (non-hydrogen) atoms. The monoisotopic (exact) mass is 352 g/mol. The van der Waals surface area contributed by atoms with Gasteiger partial charge in [0.2, 0.25) is 0 Å². The van der Waals surface area contributed by atoms with E-state index in [0.717, 1.165) is 16.1 Å². The van der Waals surface area contributed by atoms with E-state index in [2.05, 4.69) is 6.07 Å². The van der Waals surface area contributed by atoms with Crippen molar-refractivity contribution < 1.29 is 19.4 Å². The summed E-state index contributed by atoms with van der Waals surface area (Å²) in [6.07, 6.45) is 3.57. The van der Waals surface area contributed by atoms with Crippen LogP contribution in [0.5, 0.6) is 11.5 Å². The molecular weight excluding hydrogens is 340 g/mol. The average molecular weight is 352 g/mol. The third-order valence-corrected chi connectivity index (χ3v) is 4.88. The second-order valence-electron chi connectivity index (χ2n) is 5.41. The molecule has 0 saturated carbocycles. The Morgan fingerprint density at radius 1 is 1.20 bits per heavy atom. The first-order valence-electron chi connectivity index (χ1n) is 7.50. The molecule has 0 fully saturated rings. The molecule has 1 N–H and O–H groups in total. The number of nitriles is 1. The number of benzene rings is 1. The summed E-state index contributed by atoms with van der Waals surface area (Å²) >= 11 is 1.47. The van der Waals surface area contributed by atoms with Crippen molar-refractivity contribution in [2.24, 2.45) is 0 Å². The Morgan fingerprint density at radius 2 is 1.96 bits per heavy atom. The van der Waals surface area contributed by atoms with E-state index in [4.69, 9.17) is 14.6 Å². The van der Waals surface area contributed by atoms with Gasteiger partial charge in [0.25, 0.3) is 0 Å². The quantitative estimate of drug-likeness (QED) is 0.779. The lowest BCUT2D eigenvalue weighted by Crippen LogP contribution is -2.14. The highest BCUT2D eigenvalue weighted by Gasteiger charge is 2.23. The second-order valence-corrected chi connectivity index (χ2v) is 6.29. The molecule has 7 heteroatoms. The molecule has 0 saturated heterocycles. The number of thiophene rings is 1. The van der Waals surface area contributed by atoms with E-state index in [1.165, 1.54) is 23.5 Å². The van der Waals surface area contributed by atoms with Crippen molar-refractivity contribution in [2.75, 3.05) is 13.2 Å². The maximum atomic E-state index is 11.0. The molecule has 6 nitrogen and oxygen atoms in total. The van der Waals surface area contributed by atoms with Crippen LogP contribution in [0.1, 0.15) is 15.9 Å². The van der Waals surface area contributed by atoms with Crippen LogP contribution < -0.4 is 9.47 Å². The van der Waals surface area contributed by atoms with Gasteiger partial charge in [0.1, 0.15) is 19.3 Å². The summed E-state index contributed by atoms with van der Waals surface area (Å²) in [6, 6.07) is 8.69. The molecule has 2 aromatic heterocycles. The molecule has 1 aliphatic heterocycles. The van der Waals surface area contributed by atoms with Gasteiger partial charge in [-0.15, -0.1) is 11.3 Å². The Hall–Kier alpha value is -3.24. The van der Waals surface area contributed by atoms with Gasteiger partial charge < -0.3 is 19.1 Å². The first kappa shape index (κ1) is 15.3. The Bertz CT molecular complexity index is 995. The van der Waals surface area contributed by atoms with Crippen LogP contribution in [0.15, 0.2) is 42.0 Å². The molecular formula is C18H12N2O4S. The number of rotatable bonds is 3. The van der Waals surface area contributed by atoms with E-state index < -0.39 is 5.97 Å². The fraction of sp³-hybridized carbons (Fsp3) is 0.111. The van der Waals surface area contributed by atoms with Crippen molar-refractivity contribution in [1.29, 1.82) is 5.26 Å². The largest absolute Gasteiger partial charge is 0.485 e. The minimum absolute atomic E-state index is 0.217. The number of hydrogen-bond donors (Lipinski definition) is 1. The van der Waals surface area contributed by atoms with Gasteiger partial charge in [-0.3, -0.25) is 0 Å². The van der Waals surface area contributed by atoms with Gasteiger partial charge in [-0.2, -0.15) is 5.26 Å². The smallest absolute Gasteiger partial charge is 0.335 e. The second kappa shape index (κ2) is 6.00. The third kappa shape index (κ3) is 2.62. The zero-order valence-electron chi connectivity index (χ0n) is 12.9. The lowest BCUT2D eigenvalue weighted by Gasteiger charge is -2.15. The molecule has 0 bridgehead atoms. The highest BCUT2D eigenvalue weighted by Crippen LogP contribution is 2.46. The summed E-state index contributed by atoms with van der Waals surface area (Å²) < 4.78 is 13.1. The number of fused-ring (bicyclic) bond motifs is 1. The van der Waals surface area contributed by atoms with Crippen molar-refractivity contribution in [3.05, 3.63) is 53.2 Å². The predicted octanol–water partition coefficient (Wildman–Crippen LogP) is 3.55. The van der Waals surface area contributed by atoms with E-state index >= 15 is 0 Å². The number of carbonyl (C=O) groups is 1.